The minimum absolute atomic E-state index is 0.156. The zero-order chi connectivity index (χ0) is 35.6. The predicted molar refractivity (Wildman–Crippen MR) is 206 cm³/mol. The van der Waals surface area contributed by atoms with Crippen molar-refractivity contribution in [3.8, 4) is 16.9 Å². The average Bonchev–Trinajstić information content (AvgIpc) is 3.54. The normalized spacial score (nSPS) is 21.2. The van der Waals surface area contributed by atoms with Gasteiger partial charge in [-0.3, -0.25) is 9.58 Å². The summed E-state index contributed by atoms with van der Waals surface area (Å²) in [5, 5.41) is 11.9. The Balaban J connectivity index is 1.20. The number of nitrogens with one attached hydrogen (secondary N) is 2. The number of benzene rings is 1. The SMILES string of the molecule is CCC1=CC(Nc2ncc(Br)c(Nc3ccc(-c4cnn(C)c4)c(OC)c3P(C)(C)=O)n2)C(OC)C=C1N1CCC(N2CCN(C)CC2)CC1. The fraction of sp³-hybridized carbons (Fsp3) is 0.528. The average molecular weight is 769 g/mol. The zero-order valence-corrected chi connectivity index (χ0v) is 32.8. The van der Waals surface area contributed by atoms with E-state index in [2.05, 4.69) is 77.5 Å². The molecule has 2 aliphatic heterocycles. The third-order valence-electron chi connectivity index (χ3n) is 10.1. The van der Waals surface area contributed by atoms with Crippen LogP contribution in [0.4, 0.5) is 17.5 Å². The summed E-state index contributed by atoms with van der Waals surface area (Å²) in [5.41, 5.74) is 4.94. The number of likely N-dealkylation sites (tertiary alicyclic amines) is 1. The monoisotopic (exact) mass is 767 g/mol. The molecule has 0 saturated carbocycles. The molecule has 270 valence electrons. The molecular weight excluding hydrogens is 717 g/mol. The van der Waals surface area contributed by atoms with E-state index in [9.17, 15) is 4.57 Å². The lowest BCUT2D eigenvalue weighted by molar-refractivity contribution is 0.0747. The van der Waals surface area contributed by atoms with Crippen LogP contribution in [-0.2, 0) is 16.3 Å². The number of likely N-dealkylation sites (N-methyl/N-ethyl adjacent to an activating group) is 1. The highest BCUT2D eigenvalue weighted by molar-refractivity contribution is 9.10. The van der Waals surface area contributed by atoms with Crippen LogP contribution in [0, 0.1) is 0 Å². The van der Waals surface area contributed by atoms with Crippen LogP contribution in [-0.4, -0.2) is 127 Å². The van der Waals surface area contributed by atoms with Crippen LogP contribution < -0.4 is 20.7 Å². The third kappa shape index (κ3) is 7.97. The van der Waals surface area contributed by atoms with Crippen molar-refractivity contribution in [3.05, 3.63) is 58.6 Å². The van der Waals surface area contributed by atoms with Crippen LogP contribution in [0.15, 0.2) is 58.6 Å². The van der Waals surface area contributed by atoms with E-state index in [4.69, 9.17) is 14.5 Å². The maximum atomic E-state index is 13.7. The molecule has 50 heavy (non-hydrogen) atoms. The maximum absolute atomic E-state index is 13.7. The van der Waals surface area contributed by atoms with Crippen molar-refractivity contribution in [1.29, 1.82) is 0 Å². The van der Waals surface area contributed by atoms with Gasteiger partial charge in [0.25, 0.3) is 0 Å². The van der Waals surface area contributed by atoms with E-state index in [-0.39, 0.29) is 12.1 Å². The van der Waals surface area contributed by atoms with E-state index < -0.39 is 7.14 Å². The van der Waals surface area contributed by atoms with Gasteiger partial charge in [0.05, 0.1) is 34.8 Å². The first kappa shape index (κ1) is 36.6. The first-order chi connectivity index (χ1) is 24.0. The second-order valence-corrected chi connectivity index (χ2v) is 17.8. The van der Waals surface area contributed by atoms with Crippen molar-refractivity contribution in [3.63, 3.8) is 0 Å². The number of hydrogen-bond donors (Lipinski definition) is 2. The van der Waals surface area contributed by atoms with Gasteiger partial charge < -0.3 is 34.5 Å². The molecular formula is C36H51BrN9O3P. The number of piperazine rings is 1. The highest BCUT2D eigenvalue weighted by Crippen LogP contribution is 2.46. The molecule has 2 atom stereocenters. The molecule has 14 heteroatoms. The largest absolute Gasteiger partial charge is 0.495 e. The minimum Gasteiger partial charge on any atom is -0.495 e. The van der Waals surface area contributed by atoms with Gasteiger partial charge in [-0.2, -0.15) is 10.1 Å². The van der Waals surface area contributed by atoms with Crippen molar-refractivity contribution in [2.45, 2.75) is 44.4 Å². The van der Waals surface area contributed by atoms with Gasteiger partial charge in [0.2, 0.25) is 5.95 Å². The summed E-state index contributed by atoms with van der Waals surface area (Å²) < 4.78 is 28.1. The fourth-order valence-corrected chi connectivity index (χ4v) is 9.07. The van der Waals surface area contributed by atoms with Gasteiger partial charge in [-0.15, -0.1) is 0 Å². The summed E-state index contributed by atoms with van der Waals surface area (Å²) in [6.45, 7) is 12.5. The van der Waals surface area contributed by atoms with Crippen LogP contribution in [0.3, 0.4) is 0 Å². The molecule has 1 aliphatic carbocycles. The van der Waals surface area contributed by atoms with E-state index in [1.165, 1.54) is 37.2 Å². The predicted octanol–water partition coefficient (Wildman–Crippen LogP) is 5.38. The molecule has 2 aromatic heterocycles. The van der Waals surface area contributed by atoms with E-state index in [0.29, 0.717) is 39.0 Å². The van der Waals surface area contributed by atoms with Crippen molar-refractivity contribution in [2.75, 3.05) is 84.5 Å². The van der Waals surface area contributed by atoms with Crippen LogP contribution in [0.25, 0.3) is 11.1 Å². The zero-order valence-electron chi connectivity index (χ0n) is 30.3. The first-order valence-corrected chi connectivity index (χ1v) is 20.8. The van der Waals surface area contributed by atoms with E-state index in [0.717, 1.165) is 43.7 Å². The number of methoxy groups -OCH3 is 2. The van der Waals surface area contributed by atoms with Crippen molar-refractivity contribution in [1.82, 2.24) is 34.4 Å². The Morgan fingerprint density at radius 3 is 2.38 bits per heavy atom. The Bertz CT molecular complexity index is 1770. The van der Waals surface area contributed by atoms with Gasteiger partial charge in [0.1, 0.15) is 24.8 Å². The number of ether oxygens (including phenoxy) is 2. The van der Waals surface area contributed by atoms with Gasteiger partial charge in [-0.25, -0.2) is 4.98 Å². The molecule has 6 rings (SSSR count). The number of rotatable bonds is 11. The molecule has 3 aromatic rings. The Morgan fingerprint density at radius 1 is 1.02 bits per heavy atom. The number of hydrogen-bond acceptors (Lipinski definition) is 11. The lowest BCUT2D eigenvalue weighted by atomic mass is 9.92. The lowest BCUT2D eigenvalue weighted by Crippen LogP contribution is -2.52. The van der Waals surface area contributed by atoms with Crippen molar-refractivity contribution in [2.24, 2.45) is 7.05 Å². The summed E-state index contributed by atoms with van der Waals surface area (Å²) in [4.78, 5) is 17.1. The minimum atomic E-state index is -2.83. The molecule has 0 spiro atoms. The van der Waals surface area contributed by atoms with Gasteiger partial charge >= 0.3 is 0 Å². The quantitative estimate of drug-likeness (QED) is 0.246. The molecule has 12 nitrogen and oxygen atoms in total. The number of aryl methyl sites for hydroxylation is 1. The Hall–Kier alpha value is -3.22. The second kappa shape index (κ2) is 15.6. The molecule has 2 unspecified atom stereocenters. The molecule has 2 fully saturated rings. The highest BCUT2D eigenvalue weighted by Gasteiger charge is 2.32. The topological polar surface area (TPSA) is 113 Å². The van der Waals surface area contributed by atoms with Gasteiger partial charge in [0, 0.05) is 88.7 Å². The van der Waals surface area contributed by atoms with Crippen LogP contribution >= 0.6 is 23.1 Å². The van der Waals surface area contributed by atoms with Crippen molar-refractivity contribution >= 4 is 45.8 Å². The molecule has 0 radical (unpaired) electrons. The van der Waals surface area contributed by atoms with Gasteiger partial charge in [-0.1, -0.05) is 13.0 Å². The molecule has 0 bridgehead atoms. The number of aromatic nitrogens is 4. The number of anilines is 3. The summed E-state index contributed by atoms with van der Waals surface area (Å²) in [6.07, 6.45) is 13.0. The summed E-state index contributed by atoms with van der Waals surface area (Å²) in [5.74, 6) is 1.54. The first-order valence-electron chi connectivity index (χ1n) is 17.4. The Labute approximate surface area is 304 Å². The smallest absolute Gasteiger partial charge is 0.225 e. The number of halogens is 1. The van der Waals surface area contributed by atoms with E-state index in [1.807, 2.05) is 25.4 Å². The van der Waals surface area contributed by atoms with Crippen LogP contribution in [0.5, 0.6) is 5.75 Å². The van der Waals surface area contributed by atoms with Gasteiger partial charge in [-0.05, 0) is 79.4 Å². The molecule has 4 heterocycles. The standard InChI is InChI=1S/C36H51BrN9O3P/c1-8-24-19-30(32(48-4)20-31(24)46-13-11-26(12-14-46)45-17-15-43(2)16-18-45)41-36-38-22-28(37)35(42-36)40-29-10-9-27(25-21-39-44(3)23-25)33(49-5)34(29)50(6,7)47/h9-10,19-23,26,30,32H,8,11-18H2,1-7H3,(H2,38,40,41,42). The van der Waals surface area contributed by atoms with E-state index >= 15 is 0 Å². The van der Waals surface area contributed by atoms with Crippen molar-refractivity contribution < 1.29 is 14.0 Å². The van der Waals surface area contributed by atoms with Gasteiger partial charge in [0.15, 0.2) is 0 Å². The molecule has 0 amide bonds. The lowest BCUT2D eigenvalue weighted by Gasteiger charge is -2.44. The molecule has 2 N–H and O–H groups in total. The molecule has 1 aromatic carbocycles. The fourth-order valence-electron chi connectivity index (χ4n) is 7.37. The summed E-state index contributed by atoms with van der Waals surface area (Å²) in [6, 6.07) is 4.38. The summed E-state index contributed by atoms with van der Waals surface area (Å²) in [7, 11) is 4.62. The number of allylic oxidation sites excluding steroid dienone is 1. The highest BCUT2D eigenvalue weighted by atomic mass is 79.9. The summed E-state index contributed by atoms with van der Waals surface area (Å²) >= 11 is 3.62. The Kier molecular flexibility index (Phi) is 11.4. The molecule has 3 aliphatic rings. The second-order valence-electron chi connectivity index (χ2n) is 13.8. The van der Waals surface area contributed by atoms with Crippen LogP contribution in [0.1, 0.15) is 26.2 Å². The Morgan fingerprint density at radius 2 is 1.76 bits per heavy atom. The number of nitrogens with zero attached hydrogens (tertiary/aromatic N) is 7. The number of piperidine rings is 1. The molecule has 2 saturated heterocycles. The van der Waals surface area contributed by atoms with Crippen LogP contribution in [0.2, 0.25) is 0 Å². The third-order valence-corrected chi connectivity index (χ3v) is 12.2. The maximum Gasteiger partial charge on any atom is 0.225 e. The van der Waals surface area contributed by atoms with E-state index in [1.54, 1.807) is 44.6 Å².